The van der Waals surface area contributed by atoms with Crippen LogP contribution in [0, 0.1) is 6.92 Å². The molecule has 7 nitrogen and oxygen atoms in total. The molecule has 9 heteroatoms. The van der Waals surface area contributed by atoms with Gasteiger partial charge in [0, 0.05) is 36.0 Å². The summed E-state index contributed by atoms with van der Waals surface area (Å²) in [5, 5.41) is 7.87. The first-order valence-corrected chi connectivity index (χ1v) is 10.1. The van der Waals surface area contributed by atoms with E-state index in [1.807, 2.05) is 21.7 Å². The number of amides is 1. The van der Waals surface area contributed by atoms with E-state index in [-0.39, 0.29) is 17.4 Å². The van der Waals surface area contributed by atoms with Crippen LogP contribution >= 0.6 is 22.9 Å². The Hall–Kier alpha value is -2.39. The Morgan fingerprint density at radius 1 is 1.35 bits per heavy atom. The van der Waals surface area contributed by atoms with Crippen molar-refractivity contribution in [3.8, 4) is 11.3 Å². The Morgan fingerprint density at radius 2 is 2.15 bits per heavy atom. The third-order valence-corrected chi connectivity index (χ3v) is 6.09. The van der Waals surface area contributed by atoms with Gasteiger partial charge >= 0.3 is 0 Å². The van der Waals surface area contributed by atoms with E-state index in [9.17, 15) is 9.59 Å². The summed E-state index contributed by atoms with van der Waals surface area (Å²) in [6, 6.07) is 3.49. The van der Waals surface area contributed by atoms with E-state index in [0.717, 1.165) is 29.9 Å². The van der Waals surface area contributed by atoms with Gasteiger partial charge < -0.3 is 9.88 Å². The van der Waals surface area contributed by atoms with Crippen molar-refractivity contribution in [3.05, 3.63) is 49.6 Å². The molecule has 0 unspecified atom stereocenters. The molecular weight excluding hydrogens is 370 g/mol. The Balaban J connectivity index is 1.49. The molecule has 1 aliphatic heterocycles. The maximum absolute atomic E-state index is 12.6. The summed E-state index contributed by atoms with van der Waals surface area (Å²) in [6.45, 7) is 3.06. The highest BCUT2D eigenvalue weighted by Gasteiger charge is 2.28. The number of carbonyl (C=O) groups excluding carboxylic acids is 1. The number of nitrogens with zero attached hydrogens (tertiary/aromatic N) is 4. The Labute approximate surface area is 157 Å². The number of likely N-dealkylation sites (tertiary alicyclic amines) is 1. The molecule has 0 aromatic carbocycles. The van der Waals surface area contributed by atoms with E-state index < -0.39 is 0 Å². The Kier molecular flexibility index (Phi) is 4.64. The van der Waals surface area contributed by atoms with E-state index in [4.69, 9.17) is 0 Å². The predicted octanol–water partition coefficient (Wildman–Crippen LogP) is 2.68. The SMILES string of the molecule is Cc1nnsc1C(=O)N1CCC(c2nc(-c3ccsc3)cc(=O)[nH]2)CC1. The van der Waals surface area contributed by atoms with Crippen molar-refractivity contribution in [2.45, 2.75) is 25.7 Å². The smallest absolute Gasteiger partial charge is 0.267 e. The number of piperidine rings is 1. The fourth-order valence-corrected chi connectivity index (χ4v) is 4.43. The highest BCUT2D eigenvalue weighted by Crippen LogP contribution is 2.28. The number of hydrogen-bond donors (Lipinski definition) is 1. The molecule has 26 heavy (non-hydrogen) atoms. The van der Waals surface area contributed by atoms with Crippen LogP contribution in [-0.4, -0.2) is 43.5 Å². The Bertz CT molecular complexity index is 971. The van der Waals surface area contributed by atoms with Gasteiger partial charge in [-0.15, -0.1) is 5.10 Å². The standard InChI is InChI=1S/C17H17N5O2S2/c1-10-15(26-21-20-10)17(24)22-5-2-11(3-6-22)16-18-13(8-14(23)19-16)12-4-7-25-9-12/h4,7-9,11H,2-3,5-6H2,1H3,(H,18,19,23). The lowest BCUT2D eigenvalue weighted by molar-refractivity contribution is 0.0715. The molecule has 1 fully saturated rings. The number of rotatable bonds is 3. The molecule has 0 aliphatic carbocycles. The molecule has 1 saturated heterocycles. The van der Waals surface area contributed by atoms with Crippen LogP contribution in [0.4, 0.5) is 0 Å². The topological polar surface area (TPSA) is 91.8 Å². The molecule has 134 valence electrons. The van der Waals surface area contributed by atoms with Crippen molar-refractivity contribution in [2.24, 2.45) is 0 Å². The first kappa shape index (κ1) is 17.0. The molecule has 3 aromatic heterocycles. The Morgan fingerprint density at radius 3 is 2.81 bits per heavy atom. The van der Waals surface area contributed by atoms with Gasteiger partial charge in [-0.3, -0.25) is 9.59 Å². The summed E-state index contributed by atoms with van der Waals surface area (Å²) in [5.41, 5.74) is 2.20. The van der Waals surface area contributed by atoms with Gasteiger partial charge in [-0.25, -0.2) is 4.98 Å². The number of aryl methyl sites for hydroxylation is 1. The quantitative estimate of drug-likeness (QED) is 0.746. The van der Waals surface area contributed by atoms with Crippen LogP contribution in [0.15, 0.2) is 27.7 Å². The van der Waals surface area contributed by atoms with Crippen LogP contribution in [0.3, 0.4) is 0 Å². The lowest BCUT2D eigenvalue weighted by atomic mass is 9.95. The van der Waals surface area contributed by atoms with E-state index in [0.29, 0.717) is 35.2 Å². The van der Waals surface area contributed by atoms with Gasteiger partial charge in [0.1, 0.15) is 10.7 Å². The van der Waals surface area contributed by atoms with Crippen molar-refractivity contribution in [3.63, 3.8) is 0 Å². The van der Waals surface area contributed by atoms with E-state index in [1.54, 1.807) is 18.3 Å². The zero-order chi connectivity index (χ0) is 18.1. The number of H-pyrrole nitrogens is 1. The van der Waals surface area contributed by atoms with Crippen molar-refractivity contribution < 1.29 is 4.79 Å². The van der Waals surface area contributed by atoms with Crippen LogP contribution in [0.5, 0.6) is 0 Å². The first-order valence-electron chi connectivity index (χ1n) is 8.34. The molecule has 0 atom stereocenters. The molecule has 0 bridgehead atoms. The second-order valence-corrected chi connectivity index (χ2v) is 7.82. The molecule has 1 N–H and O–H groups in total. The predicted molar refractivity (Wildman–Crippen MR) is 101 cm³/mol. The lowest BCUT2D eigenvalue weighted by Crippen LogP contribution is -2.38. The molecular formula is C17H17N5O2S2. The molecule has 0 saturated carbocycles. The highest BCUT2D eigenvalue weighted by molar-refractivity contribution is 7.08. The normalized spacial score (nSPS) is 15.3. The zero-order valence-electron chi connectivity index (χ0n) is 14.1. The summed E-state index contributed by atoms with van der Waals surface area (Å²) < 4.78 is 3.84. The van der Waals surface area contributed by atoms with Gasteiger partial charge in [-0.05, 0) is 42.7 Å². The summed E-state index contributed by atoms with van der Waals surface area (Å²) in [4.78, 5) is 34.6. The van der Waals surface area contributed by atoms with Crippen LogP contribution in [-0.2, 0) is 0 Å². The summed E-state index contributed by atoms with van der Waals surface area (Å²) in [5.74, 6) is 0.844. The average molecular weight is 387 g/mol. The summed E-state index contributed by atoms with van der Waals surface area (Å²) in [6.07, 6.45) is 1.54. The maximum atomic E-state index is 12.6. The van der Waals surface area contributed by atoms with E-state index in [2.05, 4.69) is 19.6 Å². The minimum absolute atomic E-state index is 0.00979. The number of carbonyl (C=O) groups is 1. The minimum Gasteiger partial charge on any atom is -0.338 e. The minimum atomic E-state index is -0.138. The van der Waals surface area contributed by atoms with Crippen LogP contribution in [0.2, 0.25) is 0 Å². The average Bonchev–Trinajstić information content (AvgIpc) is 3.32. The number of aromatic nitrogens is 4. The third-order valence-electron chi connectivity index (χ3n) is 4.59. The first-order chi connectivity index (χ1) is 12.6. The zero-order valence-corrected chi connectivity index (χ0v) is 15.8. The van der Waals surface area contributed by atoms with Crippen LogP contribution < -0.4 is 5.56 Å². The van der Waals surface area contributed by atoms with Gasteiger partial charge in [0.05, 0.1) is 11.4 Å². The number of nitrogens with one attached hydrogen (secondary N) is 1. The monoisotopic (exact) mass is 387 g/mol. The van der Waals surface area contributed by atoms with E-state index >= 15 is 0 Å². The fourth-order valence-electron chi connectivity index (χ4n) is 3.16. The molecule has 4 heterocycles. The van der Waals surface area contributed by atoms with Gasteiger partial charge in [-0.2, -0.15) is 11.3 Å². The molecule has 1 aliphatic rings. The third kappa shape index (κ3) is 3.32. The second kappa shape index (κ2) is 7.08. The van der Waals surface area contributed by atoms with Gasteiger partial charge in [-0.1, -0.05) is 4.49 Å². The largest absolute Gasteiger partial charge is 0.338 e. The van der Waals surface area contributed by atoms with Crippen molar-refractivity contribution in [1.29, 1.82) is 0 Å². The van der Waals surface area contributed by atoms with Crippen molar-refractivity contribution in [2.75, 3.05) is 13.1 Å². The molecule has 0 spiro atoms. The molecule has 1 amide bonds. The molecule has 4 rings (SSSR count). The lowest BCUT2D eigenvalue weighted by Gasteiger charge is -2.31. The number of hydrogen-bond acceptors (Lipinski definition) is 7. The van der Waals surface area contributed by atoms with Crippen molar-refractivity contribution in [1.82, 2.24) is 24.5 Å². The van der Waals surface area contributed by atoms with Gasteiger partial charge in [0.15, 0.2) is 0 Å². The molecule has 3 aromatic rings. The number of aromatic amines is 1. The second-order valence-electron chi connectivity index (χ2n) is 6.28. The van der Waals surface area contributed by atoms with Gasteiger partial charge in [0.25, 0.3) is 11.5 Å². The summed E-state index contributed by atoms with van der Waals surface area (Å²) in [7, 11) is 0. The van der Waals surface area contributed by atoms with E-state index in [1.165, 1.54) is 6.07 Å². The fraction of sp³-hybridized carbons (Fsp3) is 0.353. The number of thiophene rings is 1. The van der Waals surface area contributed by atoms with Crippen LogP contribution in [0.1, 0.15) is 39.9 Å². The van der Waals surface area contributed by atoms with Crippen LogP contribution in [0.25, 0.3) is 11.3 Å². The highest BCUT2D eigenvalue weighted by atomic mass is 32.1. The van der Waals surface area contributed by atoms with Crippen molar-refractivity contribution >= 4 is 28.8 Å². The molecule has 0 radical (unpaired) electrons. The van der Waals surface area contributed by atoms with Gasteiger partial charge in [0.2, 0.25) is 0 Å². The summed E-state index contributed by atoms with van der Waals surface area (Å²) >= 11 is 2.72. The maximum Gasteiger partial charge on any atom is 0.267 e.